The summed E-state index contributed by atoms with van der Waals surface area (Å²) < 4.78 is 10.4. The van der Waals surface area contributed by atoms with E-state index in [0.717, 1.165) is 24.0 Å². The van der Waals surface area contributed by atoms with Crippen LogP contribution in [0.4, 0.5) is 0 Å². The molecule has 3 aromatic carbocycles. The summed E-state index contributed by atoms with van der Waals surface area (Å²) in [5.41, 5.74) is 5.55. The van der Waals surface area contributed by atoms with E-state index in [-0.39, 0.29) is 24.3 Å². The van der Waals surface area contributed by atoms with Crippen molar-refractivity contribution in [2.24, 2.45) is 0 Å². The number of hydrogen-bond acceptors (Lipinski definition) is 7. The van der Waals surface area contributed by atoms with Crippen molar-refractivity contribution >= 4 is 11.9 Å². The van der Waals surface area contributed by atoms with Crippen LogP contribution >= 0.6 is 0 Å². The third-order valence-electron chi connectivity index (χ3n) is 8.04. The minimum absolute atomic E-state index is 0.0565. The Kier molecular flexibility index (Phi) is 11.6. The number of aromatic hydroxyl groups is 3. The van der Waals surface area contributed by atoms with Crippen molar-refractivity contribution in [1.82, 2.24) is 0 Å². The van der Waals surface area contributed by atoms with Gasteiger partial charge in [0.1, 0.15) is 35.2 Å². The van der Waals surface area contributed by atoms with Gasteiger partial charge in [-0.25, -0.2) is 4.79 Å². The number of ether oxygens (including phenoxy) is 2. The predicted octanol–water partition coefficient (Wildman–Crippen LogP) is 7.52. The molecular weight excluding hydrogens is 548 g/mol. The number of phenols is 3. The molecule has 0 saturated carbocycles. The minimum Gasteiger partial charge on any atom is -0.508 e. The lowest BCUT2D eigenvalue weighted by atomic mass is 9.78. The molecule has 0 fully saturated rings. The smallest absolute Gasteiger partial charge is 0.342 e. The number of cyclic esters (lactones) is 1. The van der Waals surface area contributed by atoms with Gasteiger partial charge in [-0.15, -0.1) is 0 Å². The number of rotatable bonds is 11. The average Bonchev–Trinajstić information content (AvgIpc) is 3.39. The zero-order valence-corrected chi connectivity index (χ0v) is 25.5. The molecule has 4 rings (SSSR count). The third kappa shape index (κ3) is 8.09. The second-order valence-corrected chi connectivity index (χ2v) is 10.8. The molecule has 230 valence electrons. The Labute approximate surface area is 253 Å². The van der Waals surface area contributed by atoms with E-state index in [1.807, 2.05) is 44.2 Å². The molecule has 0 unspecified atom stereocenters. The fourth-order valence-corrected chi connectivity index (χ4v) is 5.66. The van der Waals surface area contributed by atoms with Crippen LogP contribution in [0.15, 0.2) is 60.2 Å². The van der Waals surface area contributed by atoms with Crippen LogP contribution < -0.4 is 4.74 Å². The van der Waals surface area contributed by atoms with Crippen LogP contribution in [0.2, 0.25) is 0 Å². The quantitative estimate of drug-likeness (QED) is 0.133. The molecular formula is C35H42O8. The molecule has 3 aromatic rings. The summed E-state index contributed by atoms with van der Waals surface area (Å²) in [4.78, 5) is 22.4. The van der Waals surface area contributed by atoms with Crippen molar-refractivity contribution in [3.05, 3.63) is 93.6 Å². The van der Waals surface area contributed by atoms with E-state index in [0.29, 0.717) is 53.1 Å². The van der Waals surface area contributed by atoms with Gasteiger partial charge in [-0.2, -0.15) is 0 Å². The van der Waals surface area contributed by atoms with Gasteiger partial charge < -0.3 is 29.9 Å². The standard InChI is InChI=1S/C18H22O2.C17H20O6/c1-3-17(13-5-9-15(19)10-6-13)18(4-2)14-7-11-16(20)12-8-14;1-9(5-7-13(18)19)4-6-11-15(20)14-12(8-23-17(14)21)10(2)16(11)22-3/h5-12,17-20H,3-4H2,1-2H3;4,20H,5-8H2,1-3H3,(H,18,19)/b;9-4+/t17-,18+;. The first-order chi connectivity index (χ1) is 20.5. The second-order valence-electron chi connectivity index (χ2n) is 10.8. The summed E-state index contributed by atoms with van der Waals surface area (Å²) in [7, 11) is 1.51. The first-order valence-electron chi connectivity index (χ1n) is 14.6. The molecule has 0 radical (unpaired) electrons. The minimum atomic E-state index is -0.853. The van der Waals surface area contributed by atoms with E-state index in [1.165, 1.54) is 18.2 Å². The monoisotopic (exact) mass is 590 g/mol. The number of esters is 1. The van der Waals surface area contributed by atoms with Gasteiger partial charge in [0.25, 0.3) is 0 Å². The van der Waals surface area contributed by atoms with Crippen LogP contribution in [0.25, 0.3) is 0 Å². The SMILES string of the molecule is CC[C@H](c1ccc(O)cc1)[C@@H](CC)c1ccc(O)cc1.COc1c(C)c2c(c(O)c1C/C=C(\C)CCC(=O)O)C(=O)OC2. The number of carbonyl (C=O) groups is 2. The number of allylic oxidation sites excluding steroid dienone is 2. The second kappa shape index (κ2) is 15.1. The molecule has 1 aliphatic rings. The van der Waals surface area contributed by atoms with Gasteiger partial charge in [-0.1, -0.05) is 49.8 Å². The lowest BCUT2D eigenvalue weighted by Crippen LogP contribution is -2.10. The van der Waals surface area contributed by atoms with Gasteiger partial charge in [-0.3, -0.25) is 4.79 Å². The molecule has 8 heteroatoms. The Morgan fingerprint density at radius 3 is 1.88 bits per heavy atom. The summed E-state index contributed by atoms with van der Waals surface area (Å²) in [6.07, 6.45) is 4.77. The molecule has 43 heavy (non-hydrogen) atoms. The van der Waals surface area contributed by atoms with E-state index < -0.39 is 11.9 Å². The Morgan fingerprint density at radius 1 is 0.930 bits per heavy atom. The summed E-state index contributed by atoms with van der Waals surface area (Å²) in [5.74, 6) is 0.484. The number of hydrogen-bond donors (Lipinski definition) is 4. The molecule has 0 aliphatic carbocycles. The lowest BCUT2D eigenvalue weighted by molar-refractivity contribution is -0.136. The number of fused-ring (bicyclic) bond motifs is 1. The zero-order chi connectivity index (χ0) is 31.7. The van der Waals surface area contributed by atoms with Crippen LogP contribution in [0, 0.1) is 6.92 Å². The van der Waals surface area contributed by atoms with Gasteiger partial charge in [0.05, 0.1) is 7.11 Å². The number of carboxylic acid groups (broad SMARTS) is 1. The number of aliphatic carboxylic acids is 1. The fraction of sp³-hybridized carbons (Fsp3) is 0.371. The number of carboxylic acids is 1. The van der Waals surface area contributed by atoms with Gasteiger partial charge in [-0.05, 0) is 92.3 Å². The van der Waals surface area contributed by atoms with Crippen LogP contribution in [0.3, 0.4) is 0 Å². The Bertz CT molecular complexity index is 1390. The molecule has 0 spiro atoms. The van der Waals surface area contributed by atoms with Crippen molar-refractivity contribution < 1.29 is 39.5 Å². The Balaban J connectivity index is 0.000000238. The highest BCUT2D eigenvalue weighted by Crippen LogP contribution is 2.42. The first kappa shape index (κ1) is 33.0. The number of benzene rings is 3. The molecule has 1 aliphatic heterocycles. The highest BCUT2D eigenvalue weighted by atomic mass is 16.5. The number of phenolic OH excluding ortho intramolecular Hbond substituents is 3. The maximum absolute atomic E-state index is 11.8. The van der Waals surface area contributed by atoms with Crippen molar-refractivity contribution in [1.29, 1.82) is 0 Å². The summed E-state index contributed by atoms with van der Waals surface area (Å²) in [6.45, 7) is 8.18. The Morgan fingerprint density at radius 2 is 1.44 bits per heavy atom. The number of methoxy groups -OCH3 is 1. The summed E-state index contributed by atoms with van der Waals surface area (Å²) in [6, 6.07) is 15.0. The van der Waals surface area contributed by atoms with Gasteiger partial charge in [0.15, 0.2) is 0 Å². The largest absolute Gasteiger partial charge is 0.508 e. The molecule has 0 bridgehead atoms. The van der Waals surface area contributed by atoms with E-state index in [9.17, 15) is 24.9 Å². The maximum Gasteiger partial charge on any atom is 0.342 e. The van der Waals surface area contributed by atoms with Crippen LogP contribution in [0.5, 0.6) is 23.0 Å². The van der Waals surface area contributed by atoms with Crippen LogP contribution in [0.1, 0.15) is 96.5 Å². The summed E-state index contributed by atoms with van der Waals surface area (Å²) >= 11 is 0. The third-order valence-corrected chi connectivity index (χ3v) is 8.04. The van der Waals surface area contributed by atoms with E-state index in [2.05, 4.69) is 13.8 Å². The normalized spacial score (nSPS) is 13.8. The predicted molar refractivity (Wildman–Crippen MR) is 165 cm³/mol. The fourth-order valence-electron chi connectivity index (χ4n) is 5.66. The van der Waals surface area contributed by atoms with Crippen LogP contribution in [-0.4, -0.2) is 39.5 Å². The topological polar surface area (TPSA) is 134 Å². The molecule has 8 nitrogen and oxygen atoms in total. The molecule has 1 heterocycles. The van der Waals surface area contributed by atoms with Crippen molar-refractivity contribution in [3.8, 4) is 23.0 Å². The lowest BCUT2D eigenvalue weighted by Gasteiger charge is -2.26. The molecule has 4 N–H and O–H groups in total. The van der Waals surface area contributed by atoms with Crippen molar-refractivity contribution in [2.45, 2.75) is 78.2 Å². The summed E-state index contributed by atoms with van der Waals surface area (Å²) in [5, 5.41) is 38.0. The van der Waals surface area contributed by atoms with Crippen molar-refractivity contribution in [2.75, 3.05) is 7.11 Å². The highest BCUT2D eigenvalue weighted by Gasteiger charge is 2.31. The van der Waals surface area contributed by atoms with Crippen molar-refractivity contribution in [3.63, 3.8) is 0 Å². The van der Waals surface area contributed by atoms with E-state index >= 15 is 0 Å². The maximum atomic E-state index is 11.8. The first-order valence-corrected chi connectivity index (χ1v) is 14.6. The zero-order valence-electron chi connectivity index (χ0n) is 25.5. The van der Waals surface area contributed by atoms with E-state index in [4.69, 9.17) is 14.6 Å². The molecule has 2 atom stereocenters. The van der Waals surface area contributed by atoms with Gasteiger partial charge in [0.2, 0.25) is 0 Å². The highest BCUT2D eigenvalue weighted by molar-refractivity contribution is 5.98. The molecule has 0 amide bonds. The van der Waals surface area contributed by atoms with Gasteiger partial charge in [0, 0.05) is 17.5 Å². The Hall–Kier alpha value is -4.46. The average molecular weight is 591 g/mol. The van der Waals surface area contributed by atoms with Crippen LogP contribution in [-0.2, 0) is 22.6 Å². The molecule has 0 saturated heterocycles. The molecule has 0 aromatic heterocycles. The van der Waals surface area contributed by atoms with E-state index in [1.54, 1.807) is 24.3 Å². The number of carbonyl (C=O) groups excluding carboxylic acids is 1. The van der Waals surface area contributed by atoms with Gasteiger partial charge >= 0.3 is 11.9 Å².